The summed E-state index contributed by atoms with van der Waals surface area (Å²) in [5.41, 5.74) is 0.682. The second kappa shape index (κ2) is 8.58. The first-order valence-electron chi connectivity index (χ1n) is 5.72. The van der Waals surface area contributed by atoms with Gasteiger partial charge in [-0.15, -0.1) is 0 Å². The van der Waals surface area contributed by atoms with Crippen molar-refractivity contribution in [2.45, 2.75) is 20.8 Å². The monoisotopic (exact) mass is 239 g/mol. The molecular formula is C13H21NO3. The van der Waals surface area contributed by atoms with Gasteiger partial charge < -0.3 is 14.7 Å². The molecule has 0 saturated carbocycles. The average Bonchev–Trinajstić information content (AvgIpc) is 2.38. The summed E-state index contributed by atoms with van der Waals surface area (Å²) in [6, 6.07) is 7.23. The molecule has 1 amide bonds. The van der Waals surface area contributed by atoms with Crippen molar-refractivity contribution in [3.63, 3.8) is 0 Å². The Balaban J connectivity index is 0.00000121. The van der Waals surface area contributed by atoms with Crippen molar-refractivity contribution in [2.75, 3.05) is 25.2 Å². The first-order valence-corrected chi connectivity index (χ1v) is 5.72. The molecule has 0 bridgehead atoms. The van der Waals surface area contributed by atoms with Crippen LogP contribution in [0.15, 0.2) is 24.3 Å². The molecule has 0 aliphatic carbocycles. The van der Waals surface area contributed by atoms with Crippen molar-refractivity contribution in [1.29, 1.82) is 0 Å². The Morgan fingerprint density at radius 1 is 1.35 bits per heavy atom. The van der Waals surface area contributed by atoms with Crippen LogP contribution in [-0.2, 0) is 4.79 Å². The fourth-order valence-corrected chi connectivity index (χ4v) is 1.40. The SMILES string of the molecule is CC.COc1ccccc1N(CCO)C(C)=O. The maximum Gasteiger partial charge on any atom is 0.224 e. The van der Waals surface area contributed by atoms with E-state index < -0.39 is 0 Å². The smallest absolute Gasteiger partial charge is 0.224 e. The standard InChI is InChI=1S/C11H15NO3.C2H6/c1-9(14)12(7-8-13)10-5-3-4-6-11(10)15-2;1-2/h3-6,13H,7-8H2,1-2H3;1-2H3. The molecule has 0 aliphatic heterocycles. The molecule has 0 spiro atoms. The number of para-hydroxylation sites is 2. The van der Waals surface area contributed by atoms with Gasteiger partial charge in [-0.1, -0.05) is 26.0 Å². The van der Waals surface area contributed by atoms with Gasteiger partial charge in [-0.25, -0.2) is 0 Å². The van der Waals surface area contributed by atoms with Crippen LogP contribution in [0, 0.1) is 0 Å². The van der Waals surface area contributed by atoms with Crippen molar-refractivity contribution in [1.82, 2.24) is 0 Å². The Hall–Kier alpha value is -1.55. The highest BCUT2D eigenvalue weighted by molar-refractivity contribution is 5.93. The molecule has 0 unspecified atom stereocenters. The van der Waals surface area contributed by atoms with Gasteiger partial charge in [-0.2, -0.15) is 0 Å². The van der Waals surface area contributed by atoms with Crippen molar-refractivity contribution in [3.8, 4) is 5.75 Å². The number of aliphatic hydroxyl groups is 1. The van der Waals surface area contributed by atoms with Crippen LogP contribution in [0.3, 0.4) is 0 Å². The number of anilines is 1. The molecule has 4 nitrogen and oxygen atoms in total. The highest BCUT2D eigenvalue weighted by Gasteiger charge is 2.14. The van der Waals surface area contributed by atoms with Gasteiger partial charge in [0, 0.05) is 13.5 Å². The lowest BCUT2D eigenvalue weighted by atomic mass is 10.2. The van der Waals surface area contributed by atoms with E-state index in [9.17, 15) is 4.79 Å². The van der Waals surface area contributed by atoms with E-state index in [0.29, 0.717) is 11.4 Å². The molecule has 0 saturated heterocycles. The van der Waals surface area contributed by atoms with Crippen molar-refractivity contribution >= 4 is 11.6 Å². The molecule has 4 heteroatoms. The number of carbonyl (C=O) groups is 1. The molecule has 0 aromatic heterocycles. The molecule has 1 aromatic rings. The Labute approximate surface area is 103 Å². The van der Waals surface area contributed by atoms with Gasteiger partial charge in [0.1, 0.15) is 5.75 Å². The summed E-state index contributed by atoms with van der Waals surface area (Å²) in [5, 5.41) is 8.88. The number of aliphatic hydroxyl groups excluding tert-OH is 1. The summed E-state index contributed by atoms with van der Waals surface area (Å²) < 4.78 is 5.15. The lowest BCUT2D eigenvalue weighted by molar-refractivity contribution is -0.116. The molecular weight excluding hydrogens is 218 g/mol. The van der Waals surface area contributed by atoms with Gasteiger partial charge in [0.15, 0.2) is 0 Å². The summed E-state index contributed by atoms with van der Waals surface area (Å²) >= 11 is 0. The van der Waals surface area contributed by atoms with Gasteiger partial charge >= 0.3 is 0 Å². The topological polar surface area (TPSA) is 49.8 Å². The van der Waals surface area contributed by atoms with E-state index in [4.69, 9.17) is 9.84 Å². The van der Waals surface area contributed by atoms with Crippen molar-refractivity contribution < 1.29 is 14.6 Å². The quantitative estimate of drug-likeness (QED) is 0.875. The van der Waals surface area contributed by atoms with Gasteiger partial charge in [0.25, 0.3) is 0 Å². The molecule has 96 valence electrons. The molecule has 17 heavy (non-hydrogen) atoms. The number of rotatable bonds is 4. The minimum atomic E-state index is -0.117. The van der Waals surface area contributed by atoms with E-state index in [1.165, 1.54) is 11.8 Å². The van der Waals surface area contributed by atoms with E-state index in [1.807, 2.05) is 26.0 Å². The van der Waals surface area contributed by atoms with Crippen LogP contribution in [0.2, 0.25) is 0 Å². The zero-order valence-electron chi connectivity index (χ0n) is 10.9. The van der Waals surface area contributed by atoms with E-state index in [0.717, 1.165) is 0 Å². The Morgan fingerprint density at radius 2 is 1.94 bits per heavy atom. The molecule has 1 rings (SSSR count). The van der Waals surface area contributed by atoms with Crippen molar-refractivity contribution in [2.24, 2.45) is 0 Å². The number of amides is 1. The summed E-state index contributed by atoms with van der Waals surface area (Å²) in [6.07, 6.45) is 0. The van der Waals surface area contributed by atoms with Gasteiger partial charge in [0.2, 0.25) is 5.91 Å². The lowest BCUT2D eigenvalue weighted by Crippen LogP contribution is -2.31. The number of ether oxygens (including phenoxy) is 1. The van der Waals surface area contributed by atoms with E-state index in [2.05, 4.69) is 0 Å². The highest BCUT2D eigenvalue weighted by Crippen LogP contribution is 2.27. The molecule has 1 N–H and O–H groups in total. The second-order valence-electron chi connectivity index (χ2n) is 3.07. The third-order valence-electron chi connectivity index (χ3n) is 2.08. The maximum absolute atomic E-state index is 11.4. The molecule has 0 heterocycles. The van der Waals surface area contributed by atoms with Crippen LogP contribution in [0.5, 0.6) is 5.75 Å². The predicted molar refractivity (Wildman–Crippen MR) is 69.5 cm³/mol. The zero-order valence-corrected chi connectivity index (χ0v) is 10.9. The number of methoxy groups -OCH3 is 1. The van der Waals surface area contributed by atoms with Crippen LogP contribution in [0.1, 0.15) is 20.8 Å². The number of benzene rings is 1. The summed E-state index contributed by atoms with van der Waals surface area (Å²) in [5.74, 6) is 0.509. The molecule has 0 fully saturated rings. The summed E-state index contributed by atoms with van der Waals surface area (Å²) in [4.78, 5) is 12.8. The van der Waals surface area contributed by atoms with Crippen LogP contribution in [-0.4, -0.2) is 31.3 Å². The number of hydrogen-bond acceptors (Lipinski definition) is 3. The second-order valence-corrected chi connectivity index (χ2v) is 3.07. The maximum atomic E-state index is 11.4. The minimum Gasteiger partial charge on any atom is -0.495 e. The van der Waals surface area contributed by atoms with E-state index in [-0.39, 0.29) is 19.1 Å². The fourth-order valence-electron chi connectivity index (χ4n) is 1.40. The van der Waals surface area contributed by atoms with Gasteiger partial charge in [-0.05, 0) is 12.1 Å². The zero-order chi connectivity index (χ0) is 13.3. The summed E-state index contributed by atoms with van der Waals surface area (Å²) in [7, 11) is 1.55. The fraction of sp³-hybridized carbons (Fsp3) is 0.462. The van der Waals surface area contributed by atoms with Gasteiger partial charge in [0.05, 0.1) is 19.4 Å². The van der Waals surface area contributed by atoms with Gasteiger partial charge in [-0.3, -0.25) is 4.79 Å². The van der Waals surface area contributed by atoms with E-state index >= 15 is 0 Å². The number of nitrogens with zero attached hydrogens (tertiary/aromatic N) is 1. The molecule has 1 aromatic carbocycles. The number of carbonyl (C=O) groups excluding carboxylic acids is 1. The van der Waals surface area contributed by atoms with Crippen molar-refractivity contribution in [3.05, 3.63) is 24.3 Å². The predicted octanol–water partition coefficient (Wildman–Crippen LogP) is 2.07. The Bertz CT molecular complexity index is 339. The lowest BCUT2D eigenvalue weighted by Gasteiger charge is -2.22. The van der Waals surface area contributed by atoms with Crippen LogP contribution in [0.25, 0.3) is 0 Å². The van der Waals surface area contributed by atoms with Crippen LogP contribution in [0.4, 0.5) is 5.69 Å². The summed E-state index contributed by atoms with van der Waals surface area (Å²) in [6.45, 7) is 5.66. The highest BCUT2D eigenvalue weighted by atomic mass is 16.5. The molecule has 0 radical (unpaired) electrons. The third kappa shape index (κ3) is 4.44. The largest absolute Gasteiger partial charge is 0.495 e. The molecule has 0 atom stereocenters. The van der Waals surface area contributed by atoms with E-state index in [1.54, 1.807) is 19.2 Å². The normalized spacial score (nSPS) is 9.00. The Morgan fingerprint density at radius 3 is 2.41 bits per heavy atom. The molecule has 0 aliphatic rings. The Kier molecular flexibility index (Phi) is 7.80. The van der Waals surface area contributed by atoms with Crippen LogP contribution >= 0.6 is 0 Å². The third-order valence-corrected chi connectivity index (χ3v) is 2.08. The number of hydrogen-bond donors (Lipinski definition) is 1. The van der Waals surface area contributed by atoms with Crippen LogP contribution < -0.4 is 9.64 Å². The first kappa shape index (κ1) is 15.4. The minimum absolute atomic E-state index is 0.0718. The average molecular weight is 239 g/mol. The first-order chi connectivity index (χ1) is 8.20.